The van der Waals surface area contributed by atoms with Crippen LogP contribution in [0, 0.1) is 6.92 Å². The molecule has 1 amide bonds. The summed E-state index contributed by atoms with van der Waals surface area (Å²) in [5.41, 5.74) is 4.63. The quantitative estimate of drug-likeness (QED) is 0.262. The van der Waals surface area contributed by atoms with Crippen molar-refractivity contribution in [1.29, 1.82) is 0 Å². The third-order valence-electron chi connectivity index (χ3n) is 5.89. The number of benzene rings is 2. The number of nitrogens with zero attached hydrogens (tertiary/aromatic N) is 2. The highest BCUT2D eigenvalue weighted by atomic mass is 127. The molecule has 0 radical (unpaired) electrons. The zero-order chi connectivity index (χ0) is 22.9. The second kappa shape index (κ2) is 13.4. The SMILES string of the molecule is CCC(C)Oc1cc(C)ccc1CNC(=NC)NCc1ccccc1CN1CCCC1=O.I. The van der Waals surface area contributed by atoms with Crippen LogP contribution in [0.4, 0.5) is 0 Å². The number of aliphatic imine (C=N–C) groups is 1. The predicted octanol–water partition coefficient (Wildman–Crippen LogP) is 4.78. The summed E-state index contributed by atoms with van der Waals surface area (Å²) in [6.07, 6.45) is 2.76. The van der Waals surface area contributed by atoms with E-state index < -0.39 is 0 Å². The van der Waals surface area contributed by atoms with Crippen molar-refractivity contribution in [2.24, 2.45) is 4.99 Å². The highest BCUT2D eigenvalue weighted by Gasteiger charge is 2.20. The average molecular weight is 565 g/mol. The fraction of sp³-hybridized carbons (Fsp3) is 0.462. The maximum Gasteiger partial charge on any atom is 0.222 e. The second-order valence-corrected chi connectivity index (χ2v) is 8.41. The van der Waals surface area contributed by atoms with Crippen LogP contribution in [0.15, 0.2) is 47.5 Å². The maximum absolute atomic E-state index is 12.0. The largest absolute Gasteiger partial charge is 0.490 e. The first kappa shape index (κ1) is 27.0. The molecule has 1 fully saturated rings. The minimum atomic E-state index is 0. The first-order valence-electron chi connectivity index (χ1n) is 11.6. The van der Waals surface area contributed by atoms with E-state index >= 15 is 0 Å². The van der Waals surface area contributed by atoms with Crippen LogP contribution in [0.3, 0.4) is 0 Å². The number of halogens is 1. The normalized spacial score (nSPS) is 14.6. The number of guanidine groups is 1. The number of aryl methyl sites for hydroxylation is 1. The van der Waals surface area contributed by atoms with Gasteiger partial charge in [-0.2, -0.15) is 0 Å². The summed E-state index contributed by atoms with van der Waals surface area (Å²) in [4.78, 5) is 18.4. The first-order chi connectivity index (χ1) is 15.5. The molecular weight excluding hydrogens is 527 g/mol. The molecule has 2 N–H and O–H groups in total. The van der Waals surface area contributed by atoms with Crippen molar-refractivity contribution < 1.29 is 9.53 Å². The molecule has 1 heterocycles. The average Bonchev–Trinajstić information content (AvgIpc) is 3.20. The summed E-state index contributed by atoms with van der Waals surface area (Å²) in [6, 6.07) is 14.6. The standard InChI is InChI=1S/C26H36N4O2.HI/c1-5-20(3)32-24-15-19(2)12-13-22(24)17-29-26(27-4)28-16-21-9-6-7-10-23(21)18-30-14-8-11-25(30)31;/h6-7,9-10,12-13,15,20H,5,8,11,14,16-18H2,1-4H3,(H2,27,28,29);1H. The molecule has 1 saturated heterocycles. The van der Waals surface area contributed by atoms with Gasteiger partial charge in [0.05, 0.1) is 6.10 Å². The van der Waals surface area contributed by atoms with Gasteiger partial charge < -0.3 is 20.3 Å². The molecule has 3 rings (SSSR count). The van der Waals surface area contributed by atoms with Gasteiger partial charge in [0, 0.05) is 45.2 Å². The molecule has 1 aliphatic rings. The van der Waals surface area contributed by atoms with Crippen molar-refractivity contribution >= 4 is 35.8 Å². The monoisotopic (exact) mass is 564 g/mol. The molecule has 1 atom stereocenters. The van der Waals surface area contributed by atoms with Crippen molar-refractivity contribution in [2.45, 2.75) is 65.8 Å². The van der Waals surface area contributed by atoms with Gasteiger partial charge >= 0.3 is 0 Å². The molecule has 6 nitrogen and oxygen atoms in total. The lowest BCUT2D eigenvalue weighted by Gasteiger charge is -2.20. The van der Waals surface area contributed by atoms with Crippen LogP contribution in [0.2, 0.25) is 0 Å². The number of rotatable bonds is 9. The van der Waals surface area contributed by atoms with E-state index in [1.807, 2.05) is 17.0 Å². The topological polar surface area (TPSA) is 66.0 Å². The smallest absolute Gasteiger partial charge is 0.222 e. The Morgan fingerprint density at radius 3 is 2.45 bits per heavy atom. The van der Waals surface area contributed by atoms with Crippen LogP contribution in [0.25, 0.3) is 0 Å². The van der Waals surface area contributed by atoms with Gasteiger partial charge in [-0.15, -0.1) is 24.0 Å². The summed E-state index contributed by atoms with van der Waals surface area (Å²) in [5, 5.41) is 6.81. The Bertz CT molecular complexity index is 948. The van der Waals surface area contributed by atoms with Crippen molar-refractivity contribution in [1.82, 2.24) is 15.5 Å². The Kier molecular flexibility index (Phi) is 11.0. The van der Waals surface area contributed by atoms with Crippen LogP contribution < -0.4 is 15.4 Å². The maximum atomic E-state index is 12.0. The highest BCUT2D eigenvalue weighted by Crippen LogP contribution is 2.22. The molecule has 0 saturated carbocycles. The van der Waals surface area contributed by atoms with E-state index in [4.69, 9.17) is 4.74 Å². The van der Waals surface area contributed by atoms with E-state index in [1.54, 1.807) is 7.05 Å². The molecule has 0 aromatic heterocycles. The van der Waals surface area contributed by atoms with Gasteiger partial charge in [-0.05, 0) is 49.4 Å². The molecule has 0 spiro atoms. The molecule has 0 aliphatic carbocycles. The number of likely N-dealkylation sites (tertiary alicyclic amines) is 1. The zero-order valence-corrected chi connectivity index (χ0v) is 22.5. The fourth-order valence-corrected chi connectivity index (χ4v) is 3.76. The second-order valence-electron chi connectivity index (χ2n) is 8.41. The third-order valence-corrected chi connectivity index (χ3v) is 5.89. The number of nitrogens with one attached hydrogen (secondary N) is 2. The Morgan fingerprint density at radius 1 is 1.12 bits per heavy atom. The van der Waals surface area contributed by atoms with Gasteiger partial charge in [0.1, 0.15) is 5.75 Å². The summed E-state index contributed by atoms with van der Waals surface area (Å²) >= 11 is 0. The third kappa shape index (κ3) is 7.91. The van der Waals surface area contributed by atoms with E-state index in [0.29, 0.717) is 26.1 Å². The van der Waals surface area contributed by atoms with Gasteiger partial charge in [0.25, 0.3) is 0 Å². The number of amides is 1. The van der Waals surface area contributed by atoms with E-state index in [0.717, 1.165) is 36.7 Å². The molecule has 2 aromatic carbocycles. The van der Waals surface area contributed by atoms with Gasteiger partial charge in [0.15, 0.2) is 5.96 Å². The van der Waals surface area contributed by atoms with Crippen molar-refractivity contribution in [3.63, 3.8) is 0 Å². The molecule has 0 bridgehead atoms. The molecule has 1 aliphatic heterocycles. The highest BCUT2D eigenvalue weighted by molar-refractivity contribution is 14.0. The van der Waals surface area contributed by atoms with E-state index in [-0.39, 0.29) is 36.0 Å². The van der Waals surface area contributed by atoms with E-state index in [1.165, 1.54) is 16.7 Å². The van der Waals surface area contributed by atoms with Crippen molar-refractivity contribution in [2.75, 3.05) is 13.6 Å². The lowest BCUT2D eigenvalue weighted by atomic mass is 10.1. The number of hydrogen-bond donors (Lipinski definition) is 2. The number of carbonyl (C=O) groups is 1. The summed E-state index contributed by atoms with van der Waals surface area (Å²) in [7, 11) is 1.77. The molecule has 33 heavy (non-hydrogen) atoms. The van der Waals surface area contributed by atoms with Crippen LogP contribution in [-0.2, 0) is 24.4 Å². The van der Waals surface area contributed by atoms with Gasteiger partial charge in [-0.25, -0.2) is 0 Å². The number of hydrogen-bond acceptors (Lipinski definition) is 3. The van der Waals surface area contributed by atoms with Crippen LogP contribution in [0.5, 0.6) is 5.75 Å². The van der Waals surface area contributed by atoms with Crippen LogP contribution in [0.1, 0.15) is 55.4 Å². The first-order valence-corrected chi connectivity index (χ1v) is 11.6. The molecule has 7 heteroatoms. The van der Waals surface area contributed by atoms with Crippen molar-refractivity contribution in [3.05, 3.63) is 64.7 Å². The number of carbonyl (C=O) groups excluding carboxylic acids is 1. The van der Waals surface area contributed by atoms with Crippen LogP contribution >= 0.6 is 24.0 Å². The van der Waals surface area contributed by atoms with E-state index in [9.17, 15) is 4.79 Å². The predicted molar refractivity (Wildman–Crippen MR) is 145 cm³/mol. The lowest BCUT2D eigenvalue weighted by molar-refractivity contribution is -0.128. The Labute approximate surface area is 215 Å². The lowest BCUT2D eigenvalue weighted by Crippen LogP contribution is -2.36. The zero-order valence-electron chi connectivity index (χ0n) is 20.2. The molecule has 1 unspecified atom stereocenters. The fourth-order valence-electron chi connectivity index (χ4n) is 3.76. The summed E-state index contributed by atoms with van der Waals surface area (Å²) in [5.74, 6) is 1.90. The summed E-state index contributed by atoms with van der Waals surface area (Å²) < 4.78 is 6.13. The Balaban J connectivity index is 0.00000385. The molecule has 2 aromatic rings. The van der Waals surface area contributed by atoms with Gasteiger partial charge in [-0.1, -0.05) is 43.3 Å². The number of ether oxygens (including phenoxy) is 1. The van der Waals surface area contributed by atoms with Gasteiger partial charge in [0.2, 0.25) is 5.91 Å². The minimum Gasteiger partial charge on any atom is -0.490 e. The molecule has 180 valence electrons. The van der Waals surface area contributed by atoms with Crippen molar-refractivity contribution in [3.8, 4) is 5.75 Å². The Hall–Kier alpha value is -2.29. The minimum absolute atomic E-state index is 0. The van der Waals surface area contributed by atoms with Gasteiger partial charge in [-0.3, -0.25) is 9.79 Å². The Morgan fingerprint density at radius 2 is 1.82 bits per heavy atom. The van der Waals surface area contributed by atoms with Crippen LogP contribution in [-0.4, -0.2) is 36.5 Å². The van der Waals surface area contributed by atoms with E-state index in [2.05, 4.69) is 66.7 Å². The summed E-state index contributed by atoms with van der Waals surface area (Å²) in [6.45, 7) is 9.07. The molecular formula is C26H37IN4O2.